The number of amides is 1. The molecule has 0 saturated carbocycles. The highest BCUT2D eigenvalue weighted by molar-refractivity contribution is 5.96. The summed E-state index contributed by atoms with van der Waals surface area (Å²) in [7, 11) is 3.88. The van der Waals surface area contributed by atoms with Crippen LogP contribution in [0.5, 0.6) is 5.88 Å². The van der Waals surface area contributed by atoms with E-state index in [1.165, 1.54) is 0 Å². The average Bonchev–Trinajstić information content (AvgIpc) is 3.02. The van der Waals surface area contributed by atoms with Crippen molar-refractivity contribution < 1.29 is 13.9 Å². The van der Waals surface area contributed by atoms with E-state index in [0.29, 0.717) is 24.6 Å². The smallest absolute Gasteiger partial charge is 0.256 e. The van der Waals surface area contributed by atoms with Gasteiger partial charge in [-0.2, -0.15) is 0 Å². The van der Waals surface area contributed by atoms with Gasteiger partial charge in [-0.3, -0.25) is 9.69 Å². The molecule has 0 saturated heterocycles. The molecule has 2 heterocycles. The molecular weight excluding hydrogens is 282 g/mol. The number of pyridine rings is 1. The lowest BCUT2D eigenvalue weighted by Gasteiger charge is -2.22. The lowest BCUT2D eigenvalue weighted by atomic mass is 10.2. The van der Waals surface area contributed by atoms with Gasteiger partial charge >= 0.3 is 0 Å². The van der Waals surface area contributed by atoms with Crippen molar-refractivity contribution in [2.45, 2.75) is 13.0 Å². The summed E-state index contributed by atoms with van der Waals surface area (Å²) < 4.78 is 10.8. The normalized spacial score (nSPS) is 12.2. The molecule has 1 N–H and O–H groups in total. The van der Waals surface area contributed by atoms with Gasteiger partial charge in [0, 0.05) is 12.7 Å². The van der Waals surface area contributed by atoms with Crippen molar-refractivity contribution in [1.82, 2.24) is 15.2 Å². The molecule has 0 aromatic carbocycles. The SMILES string of the molecule is CCOc1ncccc1C(=O)NCC(c1ccco1)N(C)C. The minimum Gasteiger partial charge on any atom is -0.477 e. The minimum absolute atomic E-state index is 0.0360. The van der Waals surface area contributed by atoms with E-state index in [1.807, 2.05) is 38.1 Å². The van der Waals surface area contributed by atoms with Crippen LogP contribution < -0.4 is 10.1 Å². The molecule has 0 spiro atoms. The first-order valence-corrected chi connectivity index (χ1v) is 7.19. The fraction of sp³-hybridized carbons (Fsp3) is 0.375. The maximum atomic E-state index is 12.4. The number of likely N-dealkylation sites (N-methyl/N-ethyl adjacent to an activating group) is 1. The van der Waals surface area contributed by atoms with Gasteiger partial charge in [-0.15, -0.1) is 0 Å². The highest BCUT2D eigenvalue weighted by atomic mass is 16.5. The lowest BCUT2D eigenvalue weighted by Crippen LogP contribution is -2.34. The third-order valence-electron chi connectivity index (χ3n) is 3.25. The zero-order valence-electron chi connectivity index (χ0n) is 13.1. The molecular formula is C16H21N3O3. The molecule has 6 nitrogen and oxygen atoms in total. The van der Waals surface area contributed by atoms with Gasteiger partial charge in [0.05, 0.1) is 18.9 Å². The first-order valence-electron chi connectivity index (χ1n) is 7.19. The van der Waals surface area contributed by atoms with Crippen molar-refractivity contribution in [2.75, 3.05) is 27.2 Å². The van der Waals surface area contributed by atoms with Crippen molar-refractivity contribution in [3.05, 3.63) is 48.0 Å². The van der Waals surface area contributed by atoms with E-state index in [-0.39, 0.29) is 11.9 Å². The topological polar surface area (TPSA) is 67.6 Å². The van der Waals surface area contributed by atoms with Crippen LogP contribution in [0, 0.1) is 0 Å². The standard InChI is InChI=1S/C16H21N3O3/c1-4-21-16-12(7-5-9-17-16)15(20)18-11-13(19(2)3)14-8-6-10-22-14/h5-10,13H,4,11H2,1-3H3,(H,18,20). The summed E-state index contributed by atoms with van der Waals surface area (Å²) in [6, 6.07) is 7.11. The highest BCUT2D eigenvalue weighted by Gasteiger charge is 2.19. The molecule has 1 atom stereocenters. The molecule has 2 aromatic rings. The van der Waals surface area contributed by atoms with Crippen LogP contribution in [0.15, 0.2) is 41.1 Å². The van der Waals surface area contributed by atoms with Gasteiger partial charge in [-0.25, -0.2) is 4.98 Å². The Morgan fingerprint density at radius 2 is 2.23 bits per heavy atom. The number of hydrogen-bond acceptors (Lipinski definition) is 5. The van der Waals surface area contributed by atoms with Crippen LogP contribution in [0.25, 0.3) is 0 Å². The molecule has 0 aliphatic carbocycles. The van der Waals surface area contributed by atoms with E-state index in [1.54, 1.807) is 24.6 Å². The monoisotopic (exact) mass is 303 g/mol. The summed E-state index contributed by atoms with van der Waals surface area (Å²) in [5, 5.41) is 2.91. The molecule has 0 radical (unpaired) electrons. The van der Waals surface area contributed by atoms with Gasteiger partial charge in [0.1, 0.15) is 11.3 Å². The Balaban J connectivity index is 2.06. The fourth-order valence-electron chi connectivity index (χ4n) is 2.12. The molecule has 1 amide bonds. The van der Waals surface area contributed by atoms with E-state index in [4.69, 9.17) is 9.15 Å². The Kier molecular flexibility index (Phi) is 5.55. The molecule has 22 heavy (non-hydrogen) atoms. The maximum absolute atomic E-state index is 12.4. The van der Waals surface area contributed by atoms with Crippen LogP contribution in [0.4, 0.5) is 0 Å². The average molecular weight is 303 g/mol. The molecule has 1 unspecified atom stereocenters. The first kappa shape index (κ1) is 16.0. The Morgan fingerprint density at radius 1 is 1.41 bits per heavy atom. The summed E-state index contributed by atoms with van der Waals surface area (Å²) in [4.78, 5) is 18.4. The number of aromatic nitrogens is 1. The second-order valence-corrected chi connectivity index (χ2v) is 4.99. The maximum Gasteiger partial charge on any atom is 0.256 e. The van der Waals surface area contributed by atoms with Crippen molar-refractivity contribution in [3.8, 4) is 5.88 Å². The van der Waals surface area contributed by atoms with E-state index in [0.717, 1.165) is 5.76 Å². The van der Waals surface area contributed by atoms with Gasteiger partial charge in [-0.05, 0) is 45.3 Å². The summed E-state index contributed by atoms with van der Waals surface area (Å²) in [5.74, 6) is 0.943. The van der Waals surface area contributed by atoms with Gasteiger partial charge in [0.2, 0.25) is 5.88 Å². The minimum atomic E-state index is -0.213. The van der Waals surface area contributed by atoms with Crippen molar-refractivity contribution in [3.63, 3.8) is 0 Å². The number of ether oxygens (including phenoxy) is 1. The van der Waals surface area contributed by atoms with E-state index in [2.05, 4.69) is 10.3 Å². The van der Waals surface area contributed by atoms with Gasteiger partial charge in [-0.1, -0.05) is 0 Å². The number of carbonyl (C=O) groups is 1. The Bertz CT molecular complexity index is 596. The Labute approximate surface area is 130 Å². The number of hydrogen-bond donors (Lipinski definition) is 1. The molecule has 6 heteroatoms. The van der Waals surface area contributed by atoms with E-state index < -0.39 is 0 Å². The zero-order valence-corrected chi connectivity index (χ0v) is 13.1. The van der Waals surface area contributed by atoms with Crippen LogP contribution in [-0.4, -0.2) is 43.0 Å². The number of carbonyl (C=O) groups excluding carboxylic acids is 1. The van der Waals surface area contributed by atoms with Crippen LogP contribution in [0.2, 0.25) is 0 Å². The highest BCUT2D eigenvalue weighted by Crippen LogP contribution is 2.19. The summed E-state index contributed by atoms with van der Waals surface area (Å²) >= 11 is 0. The number of nitrogens with zero attached hydrogens (tertiary/aromatic N) is 2. The number of rotatable bonds is 7. The molecule has 0 bridgehead atoms. The molecule has 0 aliphatic rings. The third-order valence-corrected chi connectivity index (χ3v) is 3.25. The van der Waals surface area contributed by atoms with Gasteiger partial charge in [0.15, 0.2) is 0 Å². The number of nitrogens with one attached hydrogen (secondary N) is 1. The first-order chi connectivity index (χ1) is 10.6. The quantitative estimate of drug-likeness (QED) is 0.848. The largest absolute Gasteiger partial charge is 0.477 e. The van der Waals surface area contributed by atoms with Crippen LogP contribution in [0.1, 0.15) is 29.1 Å². The van der Waals surface area contributed by atoms with Gasteiger partial charge < -0.3 is 14.5 Å². The zero-order chi connectivity index (χ0) is 15.9. The summed E-state index contributed by atoms with van der Waals surface area (Å²) in [5.41, 5.74) is 0.432. The third kappa shape index (κ3) is 3.85. The van der Waals surface area contributed by atoms with Crippen molar-refractivity contribution in [2.24, 2.45) is 0 Å². The predicted octanol–water partition coefficient (Wildman–Crippen LogP) is 2.11. The second-order valence-electron chi connectivity index (χ2n) is 4.99. The van der Waals surface area contributed by atoms with E-state index in [9.17, 15) is 4.79 Å². The van der Waals surface area contributed by atoms with Crippen molar-refractivity contribution >= 4 is 5.91 Å². The van der Waals surface area contributed by atoms with E-state index >= 15 is 0 Å². The molecule has 0 aliphatic heterocycles. The van der Waals surface area contributed by atoms with Crippen molar-refractivity contribution in [1.29, 1.82) is 0 Å². The Hall–Kier alpha value is -2.34. The molecule has 2 rings (SSSR count). The second kappa shape index (κ2) is 7.61. The number of furan rings is 1. The summed E-state index contributed by atoms with van der Waals surface area (Å²) in [6.07, 6.45) is 3.23. The van der Waals surface area contributed by atoms with Crippen LogP contribution in [-0.2, 0) is 0 Å². The lowest BCUT2D eigenvalue weighted by molar-refractivity contribution is 0.0934. The Morgan fingerprint density at radius 3 is 2.86 bits per heavy atom. The fourth-order valence-corrected chi connectivity index (χ4v) is 2.12. The molecule has 118 valence electrons. The molecule has 2 aromatic heterocycles. The van der Waals surface area contributed by atoms with Crippen LogP contribution in [0.3, 0.4) is 0 Å². The van der Waals surface area contributed by atoms with Gasteiger partial charge in [0.25, 0.3) is 5.91 Å². The summed E-state index contributed by atoms with van der Waals surface area (Å²) in [6.45, 7) is 2.75. The van der Waals surface area contributed by atoms with Crippen LogP contribution >= 0.6 is 0 Å². The predicted molar refractivity (Wildman–Crippen MR) is 82.9 cm³/mol. The molecule has 0 fully saturated rings.